The lowest BCUT2D eigenvalue weighted by molar-refractivity contribution is 0.107. The third-order valence-corrected chi connectivity index (χ3v) is 7.48. The zero-order valence-corrected chi connectivity index (χ0v) is 24.7. The largest absolute Gasteiger partial charge is 0.447 e. The van der Waals surface area contributed by atoms with Crippen LogP contribution in [0.5, 0.6) is 0 Å². The van der Waals surface area contributed by atoms with Crippen molar-refractivity contribution in [2.24, 2.45) is 0 Å². The van der Waals surface area contributed by atoms with Crippen molar-refractivity contribution in [3.8, 4) is 28.2 Å². The molecule has 12 nitrogen and oxygen atoms in total. The van der Waals surface area contributed by atoms with Gasteiger partial charge in [-0.25, -0.2) is 19.4 Å². The fraction of sp³-hybridized carbons (Fsp3) is 0.241. The maximum absolute atomic E-state index is 13.5. The molecule has 1 aliphatic rings. The van der Waals surface area contributed by atoms with Crippen molar-refractivity contribution in [3.05, 3.63) is 92.6 Å². The van der Waals surface area contributed by atoms with E-state index in [2.05, 4.69) is 20.6 Å². The highest BCUT2D eigenvalue weighted by Gasteiger charge is 2.30. The van der Waals surface area contributed by atoms with E-state index < -0.39 is 6.09 Å². The highest BCUT2D eigenvalue weighted by atomic mass is 35.5. The van der Waals surface area contributed by atoms with Crippen LogP contribution < -0.4 is 10.9 Å². The topological polar surface area (TPSA) is 142 Å². The molecule has 0 saturated carbocycles. The average Bonchev–Trinajstić information content (AvgIpc) is 3.72. The number of aromatic amines is 1. The molecule has 6 rings (SSSR count). The Hall–Kier alpha value is -4.52. The zero-order valence-electron chi connectivity index (χ0n) is 23.2. The van der Waals surface area contributed by atoms with E-state index in [1.807, 2.05) is 19.1 Å². The standard InChI is InChI=1S/C29H26Cl2N8O4/c1-16-27(17-3-6-19(7-4-17)33-29(41)43-12-11-42-2)35-28(32-16)23-9-10-25-34-21(14-26(40)39(23)25)20-13-18(30)5-8-22(20)38-15-24(31)36-37-38/h3-8,13-15,23H,9-12H2,1-2H3,(H,32,35)(H,33,41)/t23-/m0/s1. The zero-order chi connectivity index (χ0) is 30.1. The third-order valence-electron chi connectivity index (χ3n) is 7.07. The number of hydrogen-bond acceptors (Lipinski definition) is 8. The van der Waals surface area contributed by atoms with Gasteiger partial charge in [0.05, 0.1) is 35.9 Å². The Labute approximate surface area is 255 Å². The van der Waals surface area contributed by atoms with Gasteiger partial charge in [0.1, 0.15) is 18.3 Å². The van der Waals surface area contributed by atoms with E-state index in [-0.39, 0.29) is 23.4 Å². The van der Waals surface area contributed by atoms with Gasteiger partial charge in [-0.3, -0.25) is 14.7 Å². The van der Waals surface area contributed by atoms with Crippen LogP contribution in [0.3, 0.4) is 0 Å². The summed E-state index contributed by atoms with van der Waals surface area (Å²) in [6.45, 7) is 2.42. The molecular weight excluding hydrogens is 595 g/mol. The molecule has 2 aromatic carbocycles. The molecule has 220 valence electrons. The molecule has 1 atom stereocenters. The van der Waals surface area contributed by atoms with E-state index >= 15 is 0 Å². The SMILES string of the molecule is COCCOC(=O)Nc1ccc(-c2nc([C@@H]3CCc4nc(-c5cc(Cl)ccc5-n5cc(Cl)nn5)cc(=O)n43)[nH]c2C)cc1. The lowest BCUT2D eigenvalue weighted by Crippen LogP contribution is -2.25. The fourth-order valence-electron chi connectivity index (χ4n) is 5.12. The molecule has 14 heteroatoms. The molecule has 0 aliphatic carbocycles. The van der Waals surface area contributed by atoms with Crippen LogP contribution in [0.2, 0.25) is 10.2 Å². The Morgan fingerprint density at radius 3 is 2.67 bits per heavy atom. The van der Waals surface area contributed by atoms with E-state index in [4.69, 9.17) is 42.6 Å². The normalized spacial score (nSPS) is 14.1. The fourth-order valence-corrected chi connectivity index (χ4v) is 5.42. The Bertz CT molecular complexity index is 1870. The molecule has 1 amide bonds. The van der Waals surface area contributed by atoms with Gasteiger partial charge >= 0.3 is 6.09 Å². The number of carbonyl (C=O) groups excluding carboxylic acids is 1. The summed E-state index contributed by atoms with van der Waals surface area (Å²) in [5, 5.41) is 11.3. The highest BCUT2D eigenvalue weighted by molar-refractivity contribution is 6.31. The number of amides is 1. The van der Waals surface area contributed by atoms with Crippen molar-refractivity contribution in [1.29, 1.82) is 0 Å². The van der Waals surface area contributed by atoms with Gasteiger partial charge in [0.2, 0.25) is 0 Å². The van der Waals surface area contributed by atoms with Gasteiger partial charge in [0.15, 0.2) is 5.15 Å². The Morgan fingerprint density at radius 2 is 1.93 bits per heavy atom. The molecule has 4 heterocycles. The summed E-state index contributed by atoms with van der Waals surface area (Å²) in [6.07, 6.45) is 2.27. The van der Waals surface area contributed by atoms with Crippen LogP contribution in [0.4, 0.5) is 10.5 Å². The first-order valence-electron chi connectivity index (χ1n) is 13.4. The molecule has 43 heavy (non-hydrogen) atoms. The first-order valence-corrected chi connectivity index (χ1v) is 14.2. The third kappa shape index (κ3) is 5.89. The number of methoxy groups -OCH3 is 1. The van der Waals surface area contributed by atoms with Crippen LogP contribution >= 0.6 is 23.2 Å². The van der Waals surface area contributed by atoms with Gasteiger partial charge in [0, 0.05) is 47.1 Å². The molecule has 0 saturated heterocycles. The minimum atomic E-state index is -0.556. The van der Waals surface area contributed by atoms with Gasteiger partial charge in [-0.05, 0) is 43.7 Å². The number of imidazole rings is 1. The van der Waals surface area contributed by atoms with E-state index in [1.54, 1.807) is 41.1 Å². The monoisotopic (exact) mass is 620 g/mol. The number of aryl methyl sites for hydroxylation is 2. The Morgan fingerprint density at radius 1 is 1.12 bits per heavy atom. The number of ether oxygens (including phenoxy) is 2. The second-order valence-corrected chi connectivity index (χ2v) is 10.7. The van der Waals surface area contributed by atoms with E-state index in [9.17, 15) is 9.59 Å². The molecule has 5 aromatic rings. The number of halogens is 2. The summed E-state index contributed by atoms with van der Waals surface area (Å²) >= 11 is 12.3. The smallest absolute Gasteiger partial charge is 0.411 e. The van der Waals surface area contributed by atoms with Gasteiger partial charge in [-0.15, -0.1) is 5.10 Å². The summed E-state index contributed by atoms with van der Waals surface area (Å²) in [5.41, 5.74) is 4.62. The molecule has 1 aliphatic heterocycles. The predicted molar refractivity (Wildman–Crippen MR) is 161 cm³/mol. The van der Waals surface area contributed by atoms with Crippen molar-refractivity contribution in [3.63, 3.8) is 0 Å². The maximum Gasteiger partial charge on any atom is 0.411 e. The van der Waals surface area contributed by atoms with Crippen molar-refractivity contribution in [2.45, 2.75) is 25.8 Å². The molecule has 0 fully saturated rings. The first-order chi connectivity index (χ1) is 20.8. The second-order valence-electron chi connectivity index (χ2n) is 9.89. The van der Waals surface area contributed by atoms with Crippen molar-refractivity contribution in [2.75, 3.05) is 25.6 Å². The number of hydrogen-bond donors (Lipinski definition) is 2. The van der Waals surface area contributed by atoms with Crippen molar-refractivity contribution >= 4 is 35.0 Å². The summed E-state index contributed by atoms with van der Waals surface area (Å²) in [6, 6.07) is 13.7. The predicted octanol–water partition coefficient (Wildman–Crippen LogP) is 5.23. The molecule has 0 radical (unpaired) electrons. The maximum atomic E-state index is 13.5. The highest BCUT2D eigenvalue weighted by Crippen LogP contribution is 2.34. The lowest BCUT2D eigenvalue weighted by Gasteiger charge is -2.14. The first kappa shape index (κ1) is 28.6. The molecule has 0 bridgehead atoms. The molecule has 0 unspecified atom stereocenters. The minimum absolute atomic E-state index is 0.166. The summed E-state index contributed by atoms with van der Waals surface area (Å²) in [7, 11) is 1.54. The summed E-state index contributed by atoms with van der Waals surface area (Å²) in [4.78, 5) is 38.5. The van der Waals surface area contributed by atoms with Crippen LogP contribution in [-0.2, 0) is 15.9 Å². The number of nitrogens with one attached hydrogen (secondary N) is 2. The number of benzene rings is 2. The van der Waals surface area contributed by atoms with Crippen LogP contribution in [0.1, 0.15) is 29.8 Å². The molecule has 2 N–H and O–H groups in total. The lowest BCUT2D eigenvalue weighted by atomic mass is 10.1. The van der Waals surface area contributed by atoms with Gasteiger partial charge < -0.3 is 14.5 Å². The van der Waals surface area contributed by atoms with Crippen molar-refractivity contribution < 1.29 is 14.3 Å². The number of rotatable bonds is 8. The minimum Gasteiger partial charge on any atom is -0.447 e. The second kappa shape index (κ2) is 12.0. The summed E-state index contributed by atoms with van der Waals surface area (Å²) in [5.74, 6) is 1.32. The molecule has 3 aromatic heterocycles. The van der Waals surface area contributed by atoms with E-state index in [1.165, 1.54) is 17.9 Å². The number of H-pyrrole nitrogens is 1. The van der Waals surface area contributed by atoms with Crippen LogP contribution in [-0.4, -0.2) is 60.9 Å². The summed E-state index contributed by atoms with van der Waals surface area (Å²) < 4.78 is 13.1. The van der Waals surface area contributed by atoms with E-state index in [0.29, 0.717) is 58.8 Å². The number of nitrogens with zero attached hydrogens (tertiary/aromatic N) is 6. The van der Waals surface area contributed by atoms with Gasteiger partial charge in [0.25, 0.3) is 5.56 Å². The average molecular weight is 621 g/mol. The Balaban J connectivity index is 1.26. The number of carbonyl (C=O) groups is 1. The Kier molecular flexibility index (Phi) is 7.98. The van der Waals surface area contributed by atoms with Gasteiger partial charge in [-0.1, -0.05) is 40.5 Å². The number of anilines is 1. The quantitative estimate of drug-likeness (QED) is 0.225. The van der Waals surface area contributed by atoms with E-state index in [0.717, 1.165) is 17.0 Å². The van der Waals surface area contributed by atoms with Crippen LogP contribution in [0, 0.1) is 6.92 Å². The van der Waals surface area contributed by atoms with Gasteiger partial charge in [-0.2, -0.15) is 0 Å². The number of fused-ring (bicyclic) bond motifs is 1. The van der Waals surface area contributed by atoms with Crippen molar-refractivity contribution in [1.82, 2.24) is 34.5 Å². The number of aromatic nitrogens is 7. The van der Waals surface area contributed by atoms with Crippen LogP contribution in [0.15, 0.2) is 59.5 Å². The molecule has 0 spiro atoms. The molecular formula is C29H26Cl2N8O4. The van der Waals surface area contributed by atoms with Crippen LogP contribution in [0.25, 0.3) is 28.2 Å².